The zero-order chi connectivity index (χ0) is 13.7. The second kappa shape index (κ2) is 8.64. The number of hydrogen-bond donors (Lipinski definition) is 2. The second-order valence-electron chi connectivity index (χ2n) is 4.52. The number of rotatable bonds is 5. The Morgan fingerprint density at radius 2 is 1.84 bits per heavy atom. The maximum absolute atomic E-state index is 11.5. The molecule has 108 valence electrons. The molecule has 0 radical (unpaired) electrons. The van der Waals surface area contributed by atoms with E-state index in [1.165, 1.54) is 0 Å². The third-order valence-electron chi connectivity index (χ3n) is 2.61. The molecule has 19 heavy (non-hydrogen) atoms. The Hall–Kier alpha value is -0.480. The summed E-state index contributed by atoms with van der Waals surface area (Å²) in [7, 11) is 0. The minimum atomic E-state index is -0.135. The van der Waals surface area contributed by atoms with Crippen LogP contribution in [-0.4, -0.2) is 18.5 Å². The predicted octanol–water partition coefficient (Wildman–Crippen LogP) is 3.37. The van der Waals surface area contributed by atoms with E-state index in [9.17, 15) is 4.79 Å². The van der Waals surface area contributed by atoms with Gasteiger partial charge in [0.05, 0.1) is 0 Å². The molecule has 0 aliphatic heterocycles. The van der Waals surface area contributed by atoms with E-state index in [2.05, 4.69) is 5.32 Å². The first-order valence-electron chi connectivity index (χ1n) is 5.88. The van der Waals surface area contributed by atoms with E-state index in [0.29, 0.717) is 23.0 Å². The third kappa shape index (κ3) is 6.00. The van der Waals surface area contributed by atoms with Crippen molar-refractivity contribution < 1.29 is 4.79 Å². The fourth-order valence-corrected chi connectivity index (χ4v) is 2.49. The maximum atomic E-state index is 11.5. The summed E-state index contributed by atoms with van der Waals surface area (Å²) in [6, 6.07) is 5.26. The number of hydrogen-bond acceptors (Lipinski definition) is 2. The first-order valence-corrected chi connectivity index (χ1v) is 6.63. The van der Waals surface area contributed by atoms with Gasteiger partial charge < -0.3 is 11.1 Å². The van der Waals surface area contributed by atoms with Gasteiger partial charge in [0.15, 0.2) is 0 Å². The lowest BCUT2D eigenvalue weighted by atomic mass is 10.0. The Bertz CT molecular complexity index is 404. The van der Waals surface area contributed by atoms with Crippen LogP contribution in [0.15, 0.2) is 18.2 Å². The monoisotopic (exact) mass is 324 g/mol. The highest BCUT2D eigenvalue weighted by Crippen LogP contribution is 2.30. The van der Waals surface area contributed by atoms with Crippen LogP contribution in [0.3, 0.4) is 0 Å². The van der Waals surface area contributed by atoms with Gasteiger partial charge in [-0.25, -0.2) is 0 Å². The van der Waals surface area contributed by atoms with Gasteiger partial charge in [-0.05, 0) is 24.6 Å². The second-order valence-corrected chi connectivity index (χ2v) is 5.34. The lowest BCUT2D eigenvalue weighted by molar-refractivity contribution is -0.121. The van der Waals surface area contributed by atoms with Crippen LogP contribution < -0.4 is 11.1 Å². The highest BCUT2D eigenvalue weighted by molar-refractivity contribution is 6.36. The molecule has 0 aliphatic rings. The first-order chi connectivity index (χ1) is 8.41. The summed E-state index contributed by atoms with van der Waals surface area (Å²) < 4.78 is 0. The van der Waals surface area contributed by atoms with Crippen molar-refractivity contribution in [3.63, 3.8) is 0 Å². The molecule has 1 aromatic carbocycles. The minimum absolute atomic E-state index is 0. The van der Waals surface area contributed by atoms with Gasteiger partial charge in [0.1, 0.15) is 0 Å². The van der Waals surface area contributed by atoms with E-state index < -0.39 is 0 Å². The number of nitrogens with two attached hydrogens (primary N) is 1. The number of nitrogens with one attached hydrogen (secondary N) is 1. The van der Waals surface area contributed by atoms with Crippen LogP contribution in [-0.2, 0) is 4.79 Å². The minimum Gasteiger partial charge on any atom is -0.355 e. The number of halogens is 3. The molecule has 0 spiro atoms. The lowest BCUT2D eigenvalue weighted by Gasteiger charge is -2.16. The van der Waals surface area contributed by atoms with Crippen molar-refractivity contribution in [2.45, 2.75) is 32.2 Å². The van der Waals surface area contributed by atoms with Crippen LogP contribution in [0.2, 0.25) is 10.0 Å². The molecule has 6 heteroatoms. The van der Waals surface area contributed by atoms with Crippen molar-refractivity contribution in [3.05, 3.63) is 33.8 Å². The molecule has 1 aromatic rings. The molecule has 0 aromatic heterocycles. The van der Waals surface area contributed by atoms with Gasteiger partial charge in [-0.1, -0.05) is 36.2 Å². The lowest BCUT2D eigenvalue weighted by Crippen LogP contribution is -2.32. The van der Waals surface area contributed by atoms with Gasteiger partial charge in [-0.3, -0.25) is 4.79 Å². The number of benzene rings is 1. The van der Waals surface area contributed by atoms with Crippen molar-refractivity contribution in [3.8, 4) is 0 Å². The van der Waals surface area contributed by atoms with Crippen molar-refractivity contribution in [1.29, 1.82) is 0 Å². The molecule has 0 saturated carbocycles. The van der Waals surface area contributed by atoms with Crippen LogP contribution in [0.1, 0.15) is 31.7 Å². The summed E-state index contributed by atoms with van der Waals surface area (Å²) in [4.78, 5) is 11.5. The van der Waals surface area contributed by atoms with Crippen LogP contribution in [0, 0.1) is 0 Å². The van der Waals surface area contributed by atoms with E-state index in [4.69, 9.17) is 28.9 Å². The molecule has 0 heterocycles. The SMILES string of the molecule is CC(N)CC(=O)NCC(C)c1c(Cl)cccc1Cl.Cl. The summed E-state index contributed by atoms with van der Waals surface area (Å²) in [6.45, 7) is 4.27. The van der Waals surface area contributed by atoms with Crippen LogP contribution in [0.4, 0.5) is 0 Å². The van der Waals surface area contributed by atoms with Crippen molar-refractivity contribution in [2.75, 3.05) is 6.54 Å². The Kier molecular flexibility index (Phi) is 8.42. The molecule has 2 atom stereocenters. The van der Waals surface area contributed by atoms with E-state index in [0.717, 1.165) is 5.56 Å². The quantitative estimate of drug-likeness (QED) is 0.872. The highest BCUT2D eigenvalue weighted by atomic mass is 35.5. The molecular formula is C13H19Cl3N2O. The Labute approximate surface area is 130 Å². The molecule has 0 bridgehead atoms. The topological polar surface area (TPSA) is 55.1 Å². The van der Waals surface area contributed by atoms with Gasteiger partial charge >= 0.3 is 0 Å². The average molecular weight is 326 g/mol. The van der Waals surface area contributed by atoms with Gasteiger partial charge in [-0.15, -0.1) is 12.4 Å². The summed E-state index contributed by atoms with van der Waals surface area (Å²) >= 11 is 12.2. The Morgan fingerprint density at radius 3 is 2.32 bits per heavy atom. The van der Waals surface area contributed by atoms with Gasteiger partial charge in [0.25, 0.3) is 0 Å². The summed E-state index contributed by atoms with van der Waals surface area (Å²) in [6.07, 6.45) is 0.322. The van der Waals surface area contributed by atoms with Crippen molar-refractivity contribution in [1.82, 2.24) is 5.32 Å². The van der Waals surface area contributed by atoms with Gasteiger partial charge in [0, 0.05) is 35.0 Å². The standard InChI is InChI=1S/C13H18Cl2N2O.ClH/c1-8(7-17-12(18)6-9(2)16)13-10(14)4-3-5-11(13)15;/h3-5,8-9H,6-7,16H2,1-2H3,(H,17,18);1H. The third-order valence-corrected chi connectivity index (χ3v) is 3.26. The molecule has 0 saturated heterocycles. The van der Waals surface area contributed by atoms with E-state index in [1.54, 1.807) is 25.1 Å². The normalized spacial score (nSPS) is 13.3. The molecule has 2 unspecified atom stereocenters. The molecule has 0 aliphatic carbocycles. The average Bonchev–Trinajstić information content (AvgIpc) is 2.25. The summed E-state index contributed by atoms with van der Waals surface area (Å²) in [5.41, 5.74) is 6.42. The molecule has 0 fully saturated rings. The Morgan fingerprint density at radius 1 is 1.32 bits per heavy atom. The molecular weight excluding hydrogens is 307 g/mol. The summed E-state index contributed by atoms with van der Waals surface area (Å²) in [5.74, 6) is 0.00302. The van der Waals surface area contributed by atoms with Crippen molar-refractivity contribution in [2.24, 2.45) is 5.73 Å². The number of amides is 1. The molecule has 1 rings (SSSR count). The largest absolute Gasteiger partial charge is 0.355 e. The fraction of sp³-hybridized carbons (Fsp3) is 0.462. The maximum Gasteiger partial charge on any atom is 0.221 e. The summed E-state index contributed by atoms with van der Waals surface area (Å²) in [5, 5.41) is 4.07. The number of carbonyl (C=O) groups excluding carboxylic acids is 1. The van der Waals surface area contributed by atoms with E-state index in [1.807, 2.05) is 6.92 Å². The van der Waals surface area contributed by atoms with Crippen LogP contribution in [0.25, 0.3) is 0 Å². The van der Waals surface area contributed by atoms with Crippen LogP contribution >= 0.6 is 35.6 Å². The van der Waals surface area contributed by atoms with E-state index in [-0.39, 0.29) is 30.3 Å². The molecule has 3 nitrogen and oxygen atoms in total. The van der Waals surface area contributed by atoms with E-state index >= 15 is 0 Å². The number of carbonyl (C=O) groups is 1. The van der Waals surface area contributed by atoms with Crippen LogP contribution in [0.5, 0.6) is 0 Å². The van der Waals surface area contributed by atoms with Gasteiger partial charge in [0.2, 0.25) is 5.91 Å². The molecule has 1 amide bonds. The fourth-order valence-electron chi connectivity index (χ4n) is 1.72. The zero-order valence-electron chi connectivity index (χ0n) is 11.0. The molecule has 3 N–H and O–H groups in total. The van der Waals surface area contributed by atoms with Crippen molar-refractivity contribution >= 4 is 41.5 Å². The zero-order valence-corrected chi connectivity index (χ0v) is 13.3. The smallest absolute Gasteiger partial charge is 0.221 e. The predicted molar refractivity (Wildman–Crippen MR) is 83.4 cm³/mol. The highest BCUT2D eigenvalue weighted by Gasteiger charge is 2.14. The first kappa shape index (κ1) is 18.5. The van der Waals surface area contributed by atoms with Gasteiger partial charge in [-0.2, -0.15) is 0 Å². The Balaban J connectivity index is 0.00000324.